The topological polar surface area (TPSA) is 70.8 Å². The highest BCUT2D eigenvalue weighted by molar-refractivity contribution is 9.10. The molecular weight excluding hydrogens is 278 g/mol. The average molecular weight is 286 g/mol. The Kier molecular flexibility index (Phi) is 4.14. The quantitative estimate of drug-likeness (QED) is 0.844. The van der Waals surface area contributed by atoms with Gasteiger partial charge in [0.1, 0.15) is 6.54 Å². The van der Waals surface area contributed by atoms with E-state index < -0.39 is 18.4 Å². The van der Waals surface area contributed by atoms with Crippen molar-refractivity contribution >= 4 is 27.8 Å². The Balaban J connectivity index is 2.83. The van der Waals surface area contributed by atoms with E-state index in [1.165, 1.54) is 6.07 Å². The maximum Gasteiger partial charge on any atom is 0.323 e. The van der Waals surface area contributed by atoms with E-state index in [-0.39, 0.29) is 12.3 Å². The van der Waals surface area contributed by atoms with E-state index in [0.717, 1.165) is 4.90 Å². The third-order valence-corrected chi connectivity index (χ3v) is 2.11. The van der Waals surface area contributed by atoms with Crippen molar-refractivity contribution in [2.45, 2.75) is 0 Å². The van der Waals surface area contributed by atoms with Crippen LogP contribution in [0.25, 0.3) is 0 Å². The highest BCUT2D eigenvalue weighted by atomic mass is 79.9. The zero-order valence-corrected chi connectivity index (χ0v) is 9.73. The van der Waals surface area contributed by atoms with Crippen LogP contribution in [0.1, 0.15) is 10.6 Å². The molecule has 0 saturated heterocycles. The first kappa shape index (κ1) is 12.3. The number of hydrogen-bond donors (Lipinski definition) is 1. The van der Waals surface area contributed by atoms with Crippen molar-refractivity contribution in [3.63, 3.8) is 0 Å². The Morgan fingerprint density at radius 1 is 1.56 bits per heavy atom. The minimum atomic E-state index is -1.13. The normalized spacial score (nSPS) is 9.50. The van der Waals surface area contributed by atoms with Crippen LogP contribution in [0.2, 0.25) is 0 Å². The maximum atomic E-state index is 11.7. The number of carboxylic acids is 1. The van der Waals surface area contributed by atoms with Gasteiger partial charge in [0.15, 0.2) is 10.4 Å². The first-order valence-corrected chi connectivity index (χ1v) is 5.03. The van der Waals surface area contributed by atoms with Gasteiger partial charge in [-0.05, 0) is 28.1 Å². The number of carbonyl (C=O) groups excluding carboxylic acids is 1. The maximum absolute atomic E-state index is 11.7. The number of halogens is 1. The van der Waals surface area contributed by atoms with Gasteiger partial charge in [0.2, 0.25) is 0 Å². The summed E-state index contributed by atoms with van der Waals surface area (Å²) in [5.74, 6) is 0.583. The number of rotatable bonds is 4. The number of carboxylic acid groups (broad SMARTS) is 1. The number of amides is 1. The molecule has 0 aliphatic heterocycles. The van der Waals surface area contributed by atoms with Gasteiger partial charge >= 0.3 is 5.97 Å². The first-order chi connectivity index (χ1) is 7.54. The number of terminal acetylenes is 1. The highest BCUT2D eigenvalue weighted by Gasteiger charge is 2.20. The van der Waals surface area contributed by atoms with Crippen molar-refractivity contribution in [1.82, 2.24) is 4.90 Å². The van der Waals surface area contributed by atoms with Gasteiger partial charge in [-0.1, -0.05) is 5.92 Å². The zero-order valence-electron chi connectivity index (χ0n) is 8.14. The number of furan rings is 1. The van der Waals surface area contributed by atoms with Crippen molar-refractivity contribution in [3.05, 3.63) is 22.6 Å². The summed E-state index contributed by atoms with van der Waals surface area (Å²) in [7, 11) is 0. The Labute approximate surface area is 100 Å². The van der Waals surface area contributed by atoms with Crippen molar-refractivity contribution < 1.29 is 19.1 Å². The summed E-state index contributed by atoms with van der Waals surface area (Å²) in [5, 5.41) is 8.61. The standard InChI is InChI=1S/C10H8BrNO4/c1-2-5-12(6-9(13)14)10(15)7-3-4-8(11)16-7/h1,3-4H,5-6H2,(H,13,14). The first-order valence-electron chi connectivity index (χ1n) is 4.24. The van der Waals surface area contributed by atoms with Crippen LogP contribution in [-0.2, 0) is 4.79 Å². The summed E-state index contributed by atoms with van der Waals surface area (Å²) >= 11 is 3.05. The number of nitrogens with zero attached hydrogens (tertiary/aromatic N) is 1. The zero-order chi connectivity index (χ0) is 12.1. The van der Waals surface area contributed by atoms with Gasteiger partial charge < -0.3 is 14.4 Å². The Hall–Kier alpha value is -1.74. The minimum Gasteiger partial charge on any atom is -0.480 e. The van der Waals surface area contributed by atoms with Crippen LogP contribution < -0.4 is 0 Å². The van der Waals surface area contributed by atoms with Gasteiger partial charge in [-0.3, -0.25) is 9.59 Å². The molecule has 6 heteroatoms. The predicted octanol–water partition coefficient (Wildman–Crippen LogP) is 1.20. The summed E-state index contributed by atoms with van der Waals surface area (Å²) < 4.78 is 5.41. The lowest BCUT2D eigenvalue weighted by Crippen LogP contribution is -2.35. The summed E-state index contributed by atoms with van der Waals surface area (Å²) in [5.41, 5.74) is 0. The average Bonchev–Trinajstić information content (AvgIpc) is 2.62. The molecule has 5 nitrogen and oxygen atoms in total. The fourth-order valence-corrected chi connectivity index (χ4v) is 1.36. The lowest BCUT2D eigenvalue weighted by Gasteiger charge is -2.15. The summed E-state index contributed by atoms with van der Waals surface area (Å²) in [6.45, 7) is -0.537. The fraction of sp³-hybridized carbons (Fsp3) is 0.200. The van der Waals surface area contributed by atoms with Crippen LogP contribution in [0.3, 0.4) is 0 Å². The van der Waals surface area contributed by atoms with Gasteiger partial charge in [-0.2, -0.15) is 0 Å². The van der Waals surface area contributed by atoms with Crippen molar-refractivity contribution in [3.8, 4) is 12.3 Å². The van der Waals surface area contributed by atoms with Crippen LogP contribution in [0.4, 0.5) is 0 Å². The third-order valence-electron chi connectivity index (χ3n) is 1.68. The fourth-order valence-electron chi connectivity index (χ4n) is 1.06. The van der Waals surface area contributed by atoms with Crippen molar-refractivity contribution in [1.29, 1.82) is 0 Å². The SMILES string of the molecule is C#CCN(CC(=O)O)C(=O)c1ccc(Br)o1. The van der Waals surface area contributed by atoms with Crippen molar-refractivity contribution in [2.24, 2.45) is 0 Å². The molecule has 0 aromatic carbocycles. The molecule has 0 atom stereocenters. The number of aliphatic carboxylic acids is 1. The van der Waals surface area contributed by atoms with Gasteiger partial charge in [-0.15, -0.1) is 6.42 Å². The summed E-state index contributed by atoms with van der Waals surface area (Å²) in [6.07, 6.45) is 5.05. The lowest BCUT2D eigenvalue weighted by atomic mass is 10.3. The summed E-state index contributed by atoms with van der Waals surface area (Å²) in [4.78, 5) is 23.3. The van der Waals surface area contributed by atoms with Gasteiger partial charge in [0.05, 0.1) is 6.54 Å². The second-order valence-corrected chi connectivity index (χ2v) is 3.64. The van der Waals surface area contributed by atoms with E-state index in [4.69, 9.17) is 15.9 Å². The molecule has 1 aromatic heterocycles. The number of carbonyl (C=O) groups is 2. The smallest absolute Gasteiger partial charge is 0.323 e. The van der Waals surface area contributed by atoms with Crippen LogP contribution in [0, 0.1) is 12.3 Å². The van der Waals surface area contributed by atoms with Crippen molar-refractivity contribution in [2.75, 3.05) is 13.1 Å². The van der Waals surface area contributed by atoms with Gasteiger partial charge in [0.25, 0.3) is 5.91 Å². The van der Waals surface area contributed by atoms with E-state index >= 15 is 0 Å². The lowest BCUT2D eigenvalue weighted by molar-refractivity contribution is -0.137. The molecule has 84 valence electrons. The largest absolute Gasteiger partial charge is 0.480 e. The van der Waals surface area contributed by atoms with E-state index in [1.54, 1.807) is 6.07 Å². The molecule has 0 spiro atoms. The predicted molar refractivity (Wildman–Crippen MR) is 58.8 cm³/mol. The molecule has 1 heterocycles. The summed E-state index contributed by atoms with van der Waals surface area (Å²) in [6, 6.07) is 2.99. The molecule has 0 saturated carbocycles. The van der Waals surface area contributed by atoms with Crippen LogP contribution in [0.15, 0.2) is 21.2 Å². The molecule has 0 radical (unpaired) electrons. The van der Waals surface area contributed by atoms with E-state index in [9.17, 15) is 9.59 Å². The molecular formula is C10H8BrNO4. The second-order valence-electron chi connectivity index (χ2n) is 2.86. The molecule has 0 fully saturated rings. The third kappa shape index (κ3) is 3.14. The molecule has 1 N–H and O–H groups in total. The highest BCUT2D eigenvalue weighted by Crippen LogP contribution is 2.15. The molecule has 0 unspecified atom stereocenters. The van der Waals surface area contributed by atoms with Crippen LogP contribution in [0.5, 0.6) is 0 Å². The van der Waals surface area contributed by atoms with Crippen LogP contribution >= 0.6 is 15.9 Å². The van der Waals surface area contributed by atoms with Gasteiger partial charge in [0, 0.05) is 0 Å². The Bertz CT molecular complexity index is 446. The van der Waals surface area contributed by atoms with E-state index in [0.29, 0.717) is 4.67 Å². The molecule has 0 aliphatic carbocycles. The molecule has 1 aromatic rings. The molecule has 0 bridgehead atoms. The minimum absolute atomic E-state index is 0.0448. The van der Waals surface area contributed by atoms with E-state index in [2.05, 4.69) is 21.9 Å². The van der Waals surface area contributed by atoms with Gasteiger partial charge in [-0.25, -0.2) is 0 Å². The Morgan fingerprint density at radius 2 is 2.25 bits per heavy atom. The molecule has 0 aliphatic rings. The van der Waals surface area contributed by atoms with Crippen LogP contribution in [-0.4, -0.2) is 35.0 Å². The Morgan fingerprint density at radius 3 is 2.69 bits per heavy atom. The number of hydrogen-bond acceptors (Lipinski definition) is 3. The molecule has 16 heavy (non-hydrogen) atoms. The molecule has 1 amide bonds. The molecule has 1 rings (SSSR count). The van der Waals surface area contributed by atoms with E-state index in [1.807, 2.05) is 0 Å². The second kappa shape index (κ2) is 5.37. The monoisotopic (exact) mass is 285 g/mol.